The molecule has 0 spiro atoms. The molecule has 1 amide bonds. The molecule has 1 aromatic carbocycles. The number of rotatable bonds is 7. The number of sulfonamides is 1. The maximum absolute atomic E-state index is 12.3. The number of nitrogens with one attached hydrogen (secondary N) is 1. The van der Waals surface area contributed by atoms with Gasteiger partial charge in [0.1, 0.15) is 0 Å². The van der Waals surface area contributed by atoms with Crippen LogP contribution in [0.4, 0.5) is 0 Å². The minimum absolute atomic E-state index is 0.255. The van der Waals surface area contributed by atoms with E-state index in [2.05, 4.69) is 5.32 Å². The molecule has 0 aliphatic rings. The molecule has 0 saturated heterocycles. The first-order valence-electron chi connectivity index (χ1n) is 7.29. The van der Waals surface area contributed by atoms with Gasteiger partial charge in [-0.15, -0.1) is 0 Å². The number of carbonyl (C=O) groups excluding carboxylic acids is 1. The summed E-state index contributed by atoms with van der Waals surface area (Å²) in [5, 5.41) is 2.72. The average Bonchev–Trinajstić information content (AvgIpc) is 2.45. The maximum Gasteiger partial charge on any atom is 0.243 e. The minimum Gasteiger partial charge on any atom is -0.350 e. The Bertz CT molecular complexity index is 600. The van der Waals surface area contributed by atoms with Crippen LogP contribution in [0.25, 0.3) is 0 Å². The van der Waals surface area contributed by atoms with Crippen LogP contribution in [0.15, 0.2) is 29.2 Å². The van der Waals surface area contributed by atoms with E-state index >= 15 is 0 Å². The van der Waals surface area contributed by atoms with Gasteiger partial charge in [-0.05, 0) is 31.5 Å². The number of hydrogen-bond acceptors (Lipinski definition) is 4. The summed E-state index contributed by atoms with van der Waals surface area (Å²) in [6.45, 7) is 8.04. The average molecular weight is 327 g/mol. The van der Waals surface area contributed by atoms with E-state index in [1.54, 1.807) is 52.0 Å². The molecule has 0 atom stereocenters. The van der Waals surface area contributed by atoms with Gasteiger partial charge in [-0.3, -0.25) is 4.79 Å². The van der Waals surface area contributed by atoms with Gasteiger partial charge < -0.3 is 11.1 Å². The van der Waals surface area contributed by atoms with Crippen molar-refractivity contribution in [3.8, 4) is 0 Å². The molecular weight excluding hydrogens is 302 g/mol. The van der Waals surface area contributed by atoms with Gasteiger partial charge in [-0.25, -0.2) is 8.42 Å². The van der Waals surface area contributed by atoms with Gasteiger partial charge in [0, 0.05) is 19.6 Å². The summed E-state index contributed by atoms with van der Waals surface area (Å²) in [5.74, 6) is -0.257. The van der Waals surface area contributed by atoms with Crippen molar-refractivity contribution < 1.29 is 13.2 Å². The summed E-state index contributed by atoms with van der Waals surface area (Å²) in [6, 6.07) is 6.51. The summed E-state index contributed by atoms with van der Waals surface area (Å²) >= 11 is 0. The summed E-state index contributed by atoms with van der Waals surface area (Å²) in [6.07, 6.45) is 0. The van der Waals surface area contributed by atoms with E-state index in [-0.39, 0.29) is 10.8 Å². The molecule has 0 fully saturated rings. The molecule has 124 valence electrons. The van der Waals surface area contributed by atoms with E-state index in [1.807, 2.05) is 0 Å². The highest BCUT2D eigenvalue weighted by Gasteiger charge is 2.22. The first kappa shape index (κ1) is 18.6. The standard InChI is InChI=1S/C15H25N3O3S/c1-5-18(6-2)22(20,21)13-9-7-12(8-10-13)11-17-14(19)15(3,4)16/h7-10H,5-6,11,16H2,1-4H3,(H,17,19). The van der Waals surface area contributed by atoms with E-state index in [0.717, 1.165) is 5.56 Å². The fourth-order valence-corrected chi connectivity index (χ4v) is 3.36. The van der Waals surface area contributed by atoms with Gasteiger partial charge >= 0.3 is 0 Å². The lowest BCUT2D eigenvalue weighted by Gasteiger charge is -2.19. The third-order valence-corrected chi connectivity index (χ3v) is 5.37. The van der Waals surface area contributed by atoms with Crippen LogP contribution < -0.4 is 11.1 Å². The monoisotopic (exact) mass is 327 g/mol. The van der Waals surface area contributed by atoms with E-state index < -0.39 is 15.6 Å². The molecule has 22 heavy (non-hydrogen) atoms. The lowest BCUT2D eigenvalue weighted by Crippen LogP contribution is -2.48. The first-order valence-corrected chi connectivity index (χ1v) is 8.73. The number of nitrogens with zero attached hydrogens (tertiary/aromatic N) is 1. The van der Waals surface area contributed by atoms with Crippen LogP contribution in [-0.4, -0.2) is 37.3 Å². The first-order chi connectivity index (χ1) is 10.1. The summed E-state index contributed by atoms with van der Waals surface area (Å²) in [4.78, 5) is 11.9. The van der Waals surface area contributed by atoms with Gasteiger partial charge in [0.05, 0.1) is 10.4 Å². The van der Waals surface area contributed by atoms with Gasteiger partial charge in [0.25, 0.3) is 0 Å². The van der Waals surface area contributed by atoms with Crippen molar-refractivity contribution in [2.45, 2.75) is 44.7 Å². The highest BCUT2D eigenvalue weighted by Crippen LogP contribution is 2.16. The van der Waals surface area contributed by atoms with Crippen molar-refractivity contribution in [2.75, 3.05) is 13.1 Å². The van der Waals surface area contributed by atoms with E-state index in [0.29, 0.717) is 19.6 Å². The van der Waals surface area contributed by atoms with Crippen LogP contribution in [0.2, 0.25) is 0 Å². The second-order valence-electron chi connectivity index (χ2n) is 5.64. The minimum atomic E-state index is -3.45. The SMILES string of the molecule is CCN(CC)S(=O)(=O)c1ccc(CNC(=O)C(C)(C)N)cc1. The number of carbonyl (C=O) groups is 1. The smallest absolute Gasteiger partial charge is 0.243 e. The molecule has 0 aromatic heterocycles. The summed E-state index contributed by atoms with van der Waals surface area (Å²) in [5.41, 5.74) is 5.57. The normalized spacial score (nSPS) is 12.5. The topological polar surface area (TPSA) is 92.5 Å². The van der Waals surface area contributed by atoms with Crippen molar-refractivity contribution in [2.24, 2.45) is 5.73 Å². The van der Waals surface area contributed by atoms with Crippen LogP contribution >= 0.6 is 0 Å². The van der Waals surface area contributed by atoms with Gasteiger partial charge in [-0.1, -0.05) is 26.0 Å². The van der Waals surface area contributed by atoms with Crippen LogP contribution in [0.5, 0.6) is 0 Å². The Morgan fingerprint density at radius 3 is 2.09 bits per heavy atom. The van der Waals surface area contributed by atoms with Crippen LogP contribution in [0, 0.1) is 0 Å². The molecule has 0 unspecified atom stereocenters. The molecule has 1 aromatic rings. The molecule has 6 nitrogen and oxygen atoms in total. The van der Waals surface area contributed by atoms with E-state index in [4.69, 9.17) is 5.73 Å². The lowest BCUT2D eigenvalue weighted by molar-refractivity contribution is -0.125. The maximum atomic E-state index is 12.3. The predicted octanol–water partition coefficient (Wildman–Crippen LogP) is 1.07. The second kappa shape index (κ2) is 7.21. The zero-order valence-electron chi connectivity index (χ0n) is 13.6. The Labute approximate surface area is 132 Å². The summed E-state index contributed by atoms with van der Waals surface area (Å²) < 4.78 is 26.1. The zero-order chi connectivity index (χ0) is 17.0. The Hall–Kier alpha value is -1.44. The quantitative estimate of drug-likeness (QED) is 0.783. The molecule has 0 heterocycles. The molecule has 0 bridgehead atoms. The van der Waals surface area contributed by atoms with Crippen molar-refractivity contribution in [1.29, 1.82) is 0 Å². The van der Waals surface area contributed by atoms with Gasteiger partial charge in [0.2, 0.25) is 15.9 Å². The molecule has 3 N–H and O–H groups in total. The van der Waals surface area contributed by atoms with Crippen LogP contribution in [-0.2, 0) is 21.4 Å². The third kappa shape index (κ3) is 4.53. The summed E-state index contributed by atoms with van der Waals surface area (Å²) in [7, 11) is -3.45. The third-order valence-electron chi connectivity index (χ3n) is 3.30. The van der Waals surface area contributed by atoms with Crippen molar-refractivity contribution >= 4 is 15.9 Å². The number of hydrogen-bond donors (Lipinski definition) is 2. The number of nitrogens with two attached hydrogens (primary N) is 1. The van der Waals surface area contributed by atoms with Crippen molar-refractivity contribution in [3.63, 3.8) is 0 Å². The zero-order valence-corrected chi connectivity index (χ0v) is 14.4. The molecule has 1 rings (SSSR count). The number of benzene rings is 1. The molecule has 0 aliphatic heterocycles. The highest BCUT2D eigenvalue weighted by molar-refractivity contribution is 7.89. The fraction of sp³-hybridized carbons (Fsp3) is 0.533. The molecule has 0 aliphatic carbocycles. The fourth-order valence-electron chi connectivity index (χ4n) is 1.90. The highest BCUT2D eigenvalue weighted by atomic mass is 32.2. The molecule has 0 radical (unpaired) electrons. The second-order valence-corrected chi connectivity index (χ2v) is 7.58. The Kier molecular flexibility index (Phi) is 6.10. The van der Waals surface area contributed by atoms with Crippen molar-refractivity contribution in [3.05, 3.63) is 29.8 Å². The van der Waals surface area contributed by atoms with Gasteiger partial charge in [0.15, 0.2) is 0 Å². The predicted molar refractivity (Wildman–Crippen MR) is 86.7 cm³/mol. The molecule has 7 heteroatoms. The largest absolute Gasteiger partial charge is 0.350 e. The Morgan fingerprint density at radius 2 is 1.68 bits per heavy atom. The molecule has 0 saturated carbocycles. The van der Waals surface area contributed by atoms with Crippen LogP contribution in [0.3, 0.4) is 0 Å². The molecular formula is C15H25N3O3S. The van der Waals surface area contributed by atoms with E-state index in [9.17, 15) is 13.2 Å². The Morgan fingerprint density at radius 1 is 1.18 bits per heavy atom. The van der Waals surface area contributed by atoms with Crippen molar-refractivity contribution in [1.82, 2.24) is 9.62 Å². The van der Waals surface area contributed by atoms with Crippen LogP contribution in [0.1, 0.15) is 33.3 Å². The Balaban J connectivity index is 2.81. The number of amides is 1. The lowest BCUT2D eigenvalue weighted by atomic mass is 10.1. The van der Waals surface area contributed by atoms with E-state index in [1.165, 1.54) is 4.31 Å². The van der Waals surface area contributed by atoms with Gasteiger partial charge in [-0.2, -0.15) is 4.31 Å².